The molecular formula is C12H10BN3O5. The molecule has 2 heterocycles. The van der Waals surface area contributed by atoms with Gasteiger partial charge in [0.1, 0.15) is 13.1 Å². The van der Waals surface area contributed by atoms with Crippen LogP contribution in [0, 0.1) is 0 Å². The van der Waals surface area contributed by atoms with Crippen LogP contribution in [0.1, 0.15) is 20.7 Å². The van der Waals surface area contributed by atoms with Crippen molar-refractivity contribution in [2.24, 2.45) is 10.2 Å². The number of imide groups is 1. The molecule has 0 spiro atoms. The molecule has 2 amide bonds. The number of hydroxylamine groups is 2. The van der Waals surface area contributed by atoms with Crippen molar-refractivity contribution in [3.8, 4) is 0 Å². The number of carbonyl (C=O) groups excluding carboxylic acids is 3. The van der Waals surface area contributed by atoms with Crippen molar-refractivity contribution in [2.45, 2.75) is 5.60 Å². The molecule has 0 N–H and O–H groups in total. The van der Waals surface area contributed by atoms with Crippen LogP contribution in [0.25, 0.3) is 0 Å². The second kappa shape index (κ2) is 4.78. The molecule has 8 nitrogen and oxygen atoms in total. The highest BCUT2D eigenvalue weighted by molar-refractivity contribution is 6.20. The Balaban J connectivity index is 1.91. The molecule has 0 fully saturated rings. The van der Waals surface area contributed by atoms with E-state index >= 15 is 0 Å². The van der Waals surface area contributed by atoms with Crippen LogP contribution in [0.3, 0.4) is 0 Å². The molecule has 0 aromatic heterocycles. The second-order valence-corrected chi connectivity index (χ2v) is 4.63. The van der Waals surface area contributed by atoms with Gasteiger partial charge in [-0.2, -0.15) is 10.2 Å². The summed E-state index contributed by atoms with van der Waals surface area (Å²) in [4.78, 5) is 41.7. The number of rotatable bonds is 3. The third-order valence-electron chi connectivity index (χ3n) is 3.33. The van der Waals surface area contributed by atoms with E-state index in [4.69, 9.17) is 4.84 Å². The third kappa shape index (κ3) is 1.93. The van der Waals surface area contributed by atoms with Gasteiger partial charge >= 0.3 is 14.0 Å². The van der Waals surface area contributed by atoms with Crippen LogP contribution in [0.5, 0.6) is 0 Å². The summed E-state index contributed by atoms with van der Waals surface area (Å²) in [5, 5.41) is 7.98. The summed E-state index contributed by atoms with van der Waals surface area (Å²) in [6, 6.07) is 6.33. The predicted octanol–water partition coefficient (Wildman–Crippen LogP) is -0.490. The fraction of sp³-hybridized carbons (Fsp3) is 0.250. The molecule has 0 unspecified atom stereocenters. The van der Waals surface area contributed by atoms with E-state index in [2.05, 4.69) is 14.9 Å². The number of hydrogen-bond acceptors (Lipinski definition) is 7. The molecule has 0 bridgehead atoms. The molecule has 3 rings (SSSR count). The first-order valence-electron chi connectivity index (χ1n) is 6.18. The highest BCUT2D eigenvalue weighted by atomic mass is 16.7. The summed E-state index contributed by atoms with van der Waals surface area (Å²) in [7, 11) is 1.19. The molecule has 2 aliphatic heterocycles. The van der Waals surface area contributed by atoms with E-state index in [9.17, 15) is 14.4 Å². The van der Waals surface area contributed by atoms with Gasteiger partial charge in [0.05, 0.1) is 11.1 Å². The van der Waals surface area contributed by atoms with E-state index in [0.717, 1.165) is 0 Å². The molecule has 9 heteroatoms. The minimum atomic E-state index is -1.57. The Kier molecular flexibility index (Phi) is 3.06. The van der Waals surface area contributed by atoms with Gasteiger partial charge in [-0.05, 0) is 12.1 Å². The minimum absolute atomic E-state index is 0.104. The van der Waals surface area contributed by atoms with E-state index < -0.39 is 23.4 Å². The Hall–Kier alpha value is -2.55. The third-order valence-corrected chi connectivity index (χ3v) is 3.33. The molecular weight excluding hydrogens is 277 g/mol. The Labute approximate surface area is 120 Å². The summed E-state index contributed by atoms with van der Waals surface area (Å²) < 4.78 is 4.66. The molecule has 1 aromatic rings. The molecule has 0 aliphatic carbocycles. The lowest BCUT2D eigenvalue weighted by Crippen LogP contribution is -2.52. The van der Waals surface area contributed by atoms with Crippen LogP contribution < -0.4 is 0 Å². The number of fused-ring (bicyclic) bond motifs is 1. The number of amides is 2. The number of carbonyl (C=O) groups is 3. The lowest BCUT2D eigenvalue weighted by Gasteiger charge is -2.27. The van der Waals surface area contributed by atoms with Gasteiger partial charge in [0.2, 0.25) is 5.60 Å². The summed E-state index contributed by atoms with van der Waals surface area (Å²) in [6.45, 7) is -0.208. The van der Waals surface area contributed by atoms with Gasteiger partial charge < -0.3 is 4.65 Å². The molecule has 0 saturated heterocycles. The summed E-state index contributed by atoms with van der Waals surface area (Å²) in [6.07, 6.45) is 0. The Morgan fingerprint density at radius 2 is 1.67 bits per heavy atom. The number of azo groups is 1. The monoisotopic (exact) mass is 287 g/mol. The fourth-order valence-corrected chi connectivity index (χ4v) is 2.21. The number of hydrogen-bond donors (Lipinski definition) is 0. The van der Waals surface area contributed by atoms with Crippen LogP contribution in [0.2, 0.25) is 0 Å². The largest absolute Gasteiger partial charge is 0.541 e. The lowest BCUT2D eigenvalue weighted by atomic mass is 10.1. The van der Waals surface area contributed by atoms with Gasteiger partial charge in [0, 0.05) is 0 Å². The van der Waals surface area contributed by atoms with Crippen LogP contribution in [0.4, 0.5) is 0 Å². The zero-order chi connectivity index (χ0) is 15.0. The quantitative estimate of drug-likeness (QED) is 0.552. The smallest absolute Gasteiger partial charge is 0.327 e. The lowest BCUT2D eigenvalue weighted by molar-refractivity contribution is -0.197. The first-order chi connectivity index (χ1) is 10.1. The van der Waals surface area contributed by atoms with E-state index in [1.807, 2.05) is 0 Å². The van der Waals surface area contributed by atoms with Gasteiger partial charge in [-0.3, -0.25) is 14.4 Å². The highest BCUT2D eigenvalue weighted by Gasteiger charge is 2.50. The Morgan fingerprint density at radius 1 is 1.14 bits per heavy atom. The van der Waals surface area contributed by atoms with Crippen molar-refractivity contribution in [3.05, 3.63) is 35.4 Å². The van der Waals surface area contributed by atoms with E-state index in [1.165, 1.54) is 20.2 Å². The van der Waals surface area contributed by atoms with Gasteiger partial charge in [-0.25, -0.2) is 4.84 Å². The number of nitrogens with zero attached hydrogens (tertiary/aromatic N) is 3. The molecule has 0 radical (unpaired) electrons. The average molecular weight is 287 g/mol. The van der Waals surface area contributed by atoms with E-state index in [0.29, 0.717) is 5.06 Å². The maximum Gasteiger partial charge on any atom is 0.327 e. The van der Waals surface area contributed by atoms with Crippen molar-refractivity contribution < 1.29 is 23.9 Å². The molecule has 2 aliphatic rings. The maximum atomic E-state index is 12.2. The zero-order valence-corrected chi connectivity index (χ0v) is 11.1. The topological polar surface area (TPSA) is 97.6 Å². The number of benzene rings is 1. The van der Waals surface area contributed by atoms with Gasteiger partial charge in [0.15, 0.2) is 0 Å². The first kappa shape index (κ1) is 13.4. The molecule has 0 atom stereocenters. The van der Waals surface area contributed by atoms with Crippen molar-refractivity contribution >= 4 is 25.8 Å². The Morgan fingerprint density at radius 3 is 2.14 bits per heavy atom. The SMILES string of the molecule is BOC(=O)C1(ON2C(=O)c3ccccc3C2=O)CN=NC1. The predicted molar refractivity (Wildman–Crippen MR) is 70.0 cm³/mol. The summed E-state index contributed by atoms with van der Waals surface area (Å²) in [5.41, 5.74) is -1.11. The molecule has 106 valence electrons. The standard InChI is InChI=1S/C12H10BN3O5/c13-20-11(19)12(5-14-15-6-12)21-16-9(17)7-3-1-2-4-8(7)10(16)18/h1-4H,5-6,13H2. The average Bonchev–Trinajstić information content (AvgIpc) is 3.08. The van der Waals surface area contributed by atoms with Crippen LogP contribution >= 0.6 is 0 Å². The normalized spacial score (nSPS) is 19.0. The van der Waals surface area contributed by atoms with E-state index in [-0.39, 0.29) is 24.2 Å². The molecule has 1 aromatic carbocycles. The summed E-state index contributed by atoms with van der Waals surface area (Å²) in [5.74, 6) is -1.97. The Bertz CT molecular complexity index is 632. The van der Waals surface area contributed by atoms with Crippen LogP contribution in [-0.4, -0.2) is 49.6 Å². The van der Waals surface area contributed by atoms with Gasteiger partial charge in [-0.15, -0.1) is 5.06 Å². The van der Waals surface area contributed by atoms with E-state index in [1.54, 1.807) is 12.1 Å². The van der Waals surface area contributed by atoms with Crippen LogP contribution in [-0.2, 0) is 14.3 Å². The van der Waals surface area contributed by atoms with Crippen molar-refractivity contribution in [3.63, 3.8) is 0 Å². The van der Waals surface area contributed by atoms with Gasteiger partial charge in [-0.1, -0.05) is 12.1 Å². The fourth-order valence-electron chi connectivity index (χ4n) is 2.21. The minimum Gasteiger partial charge on any atom is -0.541 e. The van der Waals surface area contributed by atoms with Crippen molar-refractivity contribution in [2.75, 3.05) is 13.1 Å². The molecule has 0 saturated carbocycles. The second-order valence-electron chi connectivity index (χ2n) is 4.63. The van der Waals surface area contributed by atoms with Crippen molar-refractivity contribution in [1.29, 1.82) is 0 Å². The zero-order valence-electron chi connectivity index (χ0n) is 11.1. The maximum absolute atomic E-state index is 12.2. The highest BCUT2D eigenvalue weighted by Crippen LogP contribution is 2.28. The van der Waals surface area contributed by atoms with Crippen molar-refractivity contribution in [1.82, 2.24) is 5.06 Å². The summed E-state index contributed by atoms with van der Waals surface area (Å²) >= 11 is 0. The van der Waals surface area contributed by atoms with Gasteiger partial charge in [0.25, 0.3) is 11.8 Å². The molecule has 21 heavy (non-hydrogen) atoms. The first-order valence-corrected chi connectivity index (χ1v) is 6.18. The van der Waals surface area contributed by atoms with Crippen LogP contribution in [0.15, 0.2) is 34.5 Å².